The summed E-state index contributed by atoms with van der Waals surface area (Å²) in [6, 6.07) is 0. The second-order valence-corrected chi connectivity index (χ2v) is 4.37. The van der Waals surface area contributed by atoms with Crippen LogP contribution in [0.5, 0.6) is 0 Å². The van der Waals surface area contributed by atoms with Crippen molar-refractivity contribution in [2.24, 2.45) is 5.92 Å². The lowest BCUT2D eigenvalue weighted by Crippen LogP contribution is -2.39. The number of carboxylic acid groups (broad SMARTS) is 1. The third-order valence-corrected chi connectivity index (χ3v) is 3.06. The van der Waals surface area contributed by atoms with Gasteiger partial charge in [-0.25, -0.2) is 4.98 Å². The first-order chi connectivity index (χ1) is 8.08. The Balaban J connectivity index is 2.19. The van der Waals surface area contributed by atoms with Crippen LogP contribution in [-0.4, -0.2) is 34.1 Å². The molecule has 1 fully saturated rings. The molecule has 0 unspecified atom stereocenters. The van der Waals surface area contributed by atoms with Gasteiger partial charge in [-0.05, 0) is 24.4 Å². The van der Waals surface area contributed by atoms with Gasteiger partial charge in [0.1, 0.15) is 0 Å². The molecule has 17 heavy (non-hydrogen) atoms. The van der Waals surface area contributed by atoms with Crippen molar-refractivity contribution in [2.75, 3.05) is 23.7 Å². The molecule has 7 heteroatoms. The molecular formula is C10H13ClN4O2. The number of halogens is 1. The zero-order valence-electron chi connectivity index (χ0n) is 9.14. The lowest BCUT2D eigenvalue weighted by Gasteiger charge is -2.32. The van der Waals surface area contributed by atoms with Crippen LogP contribution in [0.15, 0.2) is 6.20 Å². The van der Waals surface area contributed by atoms with Crippen molar-refractivity contribution in [2.45, 2.75) is 12.8 Å². The van der Waals surface area contributed by atoms with Crippen LogP contribution in [0.4, 0.5) is 11.5 Å². The van der Waals surface area contributed by atoms with Crippen LogP contribution in [0, 0.1) is 5.92 Å². The molecule has 1 atom stereocenters. The van der Waals surface area contributed by atoms with Crippen molar-refractivity contribution < 1.29 is 9.90 Å². The lowest BCUT2D eigenvalue weighted by atomic mass is 9.98. The smallest absolute Gasteiger partial charge is 0.308 e. The van der Waals surface area contributed by atoms with E-state index in [1.54, 1.807) is 0 Å². The Morgan fingerprint density at radius 1 is 1.65 bits per heavy atom. The van der Waals surface area contributed by atoms with Crippen LogP contribution >= 0.6 is 11.6 Å². The summed E-state index contributed by atoms with van der Waals surface area (Å²) in [6.45, 7) is 1.20. The molecule has 0 aromatic carbocycles. The van der Waals surface area contributed by atoms with Crippen LogP contribution in [0.25, 0.3) is 0 Å². The summed E-state index contributed by atoms with van der Waals surface area (Å²) in [7, 11) is 0. The maximum Gasteiger partial charge on any atom is 0.308 e. The van der Waals surface area contributed by atoms with E-state index in [1.807, 2.05) is 4.90 Å². The highest BCUT2D eigenvalue weighted by Crippen LogP contribution is 2.26. The molecule has 3 N–H and O–H groups in total. The van der Waals surface area contributed by atoms with Gasteiger partial charge in [0.2, 0.25) is 5.28 Å². The highest BCUT2D eigenvalue weighted by molar-refractivity contribution is 6.28. The van der Waals surface area contributed by atoms with Gasteiger partial charge in [-0.1, -0.05) is 0 Å². The number of nitrogens with two attached hydrogens (primary N) is 1. The summed E-state index contributed by atoms with van der Waals surface area (Å²) in [5.41, 5.74) is 6.40. The minimum absolute atomic E-state index is 0.0954. The number of piperidine rings is 1. The molecule has 0 bridgehead atoms. The molecule has 6 nitrogen and oxygen atoms in total. The van der Waals surface area contributed by atoms with Gasteiger partial charge in [0, 0.05) is 13.1 Å². The Labute approximate surface area is 103 Å². The fourth-order valence-electron chi connectivity index (χ4n) is 2.01. The van der Waals surface area contributed by atoms with Crippen LogP contribution in [0.3, 0.4) is 0 Å². The Bertz CT molecular complexity index is 440. The zero-order chi connectivity index (χ0) is 12.4. The fraction of sp³-hybridized carbons (Fsp3) is 0.500. The SMILES string of the molecule is Nc1nc(Cl)ncc1N1CCC[C@@H](C(=O)O)C1. The number of aliphatic carboxylic acids is 1. The molecule has 0 amide bonds. The molecule has 2 rings (SSSR count). The molecule has 1 aliphatic rings. The molecule has 0 radical (unpaired) electrons. The molecule has 0 spiro atoms. The number of hydrogen-bond donors (Lipinski definition) is 2. The molecule has 0 saturated carbocycles. The van der Waals surface area contributed by atoms with Gasteiger partial charge in [-0.3, -0.25) is 4.79 Å². The van der Waals surface area contributed by atoms with Gasteiger partial charge >= 0.3 is 5.97 Å². The lowest BCUT2D eigenvalue weighted by molar-refractivity contribution is -0.141. The topological polar surface area (TPSA) is 92.3 Å². The van der Waals surface area contributed by atoms with Gasteiger partial charge in [0.05, 0.1) is 17.8 Å². The van der Waals surface area contributed by atoms with Crippen molar-refractivity contribution in [3.05, 3.63) is 11.5 Å². The maximum atomic E-state index is 11.0. The number of carboxylic acids is 1. The Hall–Kier alpha value is -1.56. The number of aromatic nitrogens is 2. The zero-order valence-corrected chi connectivity index (χ0v) is 9.89. The summed E-state index contributed by atoms with van der Waals surface area (Å²) >= 11 is 5.62. The summed E-state index contributed by atoms with van der Waals surface area (Å²) in [5.74, 6) is -0.849. The molecule has 1 aliphatic heterocycles. The van der Waals surface area contributed by atoms with E-state index in [0.29, 0.717) is 18.7 Å². The number of nitrogens with zero attached hydrogens (tertiary/aromatic N) is 3. The van der Waals surface area contributed by atoms with E-state index in [-0.39, 0.29) is 17.0 Å². The van der Waals surface area contributed by atoms with E-state index in [2.05, 4.69) is 9.97 Å². The number of rotatable bonds is 2. The number of anilines is 2. The summed E-state index contributed by atoms with van der Waals surface area (Å²) < 4.78 is 0. The highest BCUT2D eigenvalue weighted by Gasteiger charge is 2.26. The van der Waals surface area contributed by atoms with Crippen molar-refractivity contribution in [1.29, 1.82) is 0 Å². The van der Waals surface area contributed by atoms with E-state index in [9.17, 15) is 4.79 Å². The molecule has 0 aliphatic carbocycles. The first kappa shape index (κ1) is 11.9. The monoisotopic (exact) mass is 256 g/mol. The predicted octanol–water partition coefficient (Wildman–Crippen LogP) is 1.01. The van der Waals surface area contributed by atoms with Crippen molar-refractivity contribution in [3.63, 3.8) is 0 Å². The van der Waals surface area contributed by atoms with Gasteiger partial charge in [0.25, 0.3) is 0 Å². The van der Waals surface area contributed by atoms with Crippen LogP contribution in [0.2, 0.25) is 5.28 Å². The second kappa shape index (κ2) is 4.75. The highest BCUT2D eigenvalue weighted by atomic mass is 35.5. The largest absolute Gasteiger partial charge is 0.481 e. The van der Waals surface area contributed by atoms with E-state index in [0.717, 1.165) is 13.0 Å². The second-order valence-electron chi connectivity index (χ2n) is 4.03. The van der Waals surface area contributed by atoms with Crippen molar-refractivity contribution in [1.82, 2.24) is 9.97 Å². The molecule has 1 aromatic rings. The van der Waals surface area contributed by atoms with Crippen LogP contribution in [-0.2, 0) is 4.79 Å². The van der Waals surface area contributed by atoms with Crippen LogP contribution < -0.4 is 10.6 Å². The summed E-state index contributed by atoms with van der Waals surface area (Å²) in [5, 5.41) is 9.10. The molecule has 1 aromatic heterocycles. The molecule has 2 heterocycles. The number of carbonyl (C=O) groups is 1. The normalized spacial score (nSPS) is 20.3. The van der Waals surface area contributed by atoms with E-state index >= 15 is 0 Å². The third kappa shape index (κ3) is 2.58. The Morgan fingerprint density at radius 2 is 2.41 bits per heavy atom. The van der Waals surface area contributed by atoms with Crippen molar-refractivity contribution >= 4 is 29.1 Å². The minimum Gasteiger partial charge on any atom is -0.481 e. The molecular weight excluding hydrogens is 244 g/mol. The summed E-state index contributed by atoms with van der Waals surface area (Å²) in [4.78, 5) is 20.6. The average molecular weight is 257 g/mol. The molecule has 92 valence electrons. The first-order valence-corrected chi connectivity index (χ1v) is 5.71. The van der Waals surface area contributed by atoms with E-state index in [4.69, 9.17) is 22.4 Å². The van der Waals surface area contributed by atoms with Crippen molar-refractivity contribution in [3.8, 4) is 0 Å². The quantitative estimate of drug-likeness (QED) is 0.768. The Kier molecular flexibility index (Phi) is 3.33. The van der Waals surface area contributed by atoms with Gasteiger partial charge < -0.3 is 15.7 Å². The minimum atomic E-state index is -0.775. The van der Waals surface area contributed by atoms with Gasteiger partial charge in [-0.15, -0.1) is 0 Å². The third-order valence-electron chi connectivity index (χ3n) is 2.88. The van der Waals surface area contributed by atoms with Crippen LogP contribution in [0.1, 0.15) is 12.8 Å². The maximum absolute atomic E-state index is 11.0. The van der Waals surface area contributed by atoms with E-state index in [1.165, 1.54) is 6.20 Å². The molecule has 1 saturated heterocycles. The fourth-order valence-corrected chi connectivity index (χ4v) is 2.15. The van der Waals surface area contributed by atoms with Gasteiger partial charge in [0.15, 0.2) is 5.82 Å². The summed E-state index contributed by atoms with van der Waals surface area (Å²) in [6.07, 6.45) is 3.05. The van der Waals surface area contributed by atoms with E-state index < -0.39 is 5.97 Å². The average Bonchev–Trinajstić information content (AvgIpc) is 2.29. The number of nitrogen functional groups attached to an aromatic ring is 1. The number of hydrogen-bond acceptors (Lipinski definition) is 5. The Morgan fingerprint density at radius 3 is 3.06 bits per heavy atom. The first-order valence-electron chi connectivity index (χ1n) is 5.33. The predicted molar refractivity (Wildman–Crippen MR) is 64.0 cm³/mol. The van der Waals surface area contributed by atoms with Gasteiger partial charge in [-0.2, -0.15) is 4.98 Å². The standard InChI is InChI=1S/C10H13ClN4O2/c11-10-13-4-7(8(12)14-10)15-3-1-2-6(5-15)9(16)17/h4,6H,1-3,5H2,(H,16,17)(H2,12,13,14)/t6-/m1/s1.